The van der Waals surface area contributed by atoms with Crippen molar-refractivity contribution in [1.29, 1.82) is 0 Å². The third kappa shape index (κ3) is 11.9. The van der Waals surface area contributed by atoms with E-state index in [0.29, 0.717) is 12.8 Å². The first-order valence-electron chi connectivity index (χ1n) is 12.3. The zero-order valence-electron chi connectivity index (χ0n) is 20.5. The molecule has 1 aliphatic heterocycles. The second-order valence-corrected chi connectivity index (χ2v) is 8.38. The standard InChI is InChI=1S/C26H36N2O8/c29-14-16-34-15-13-27-23(30)17-21-11-7-2-1-3-8-12-24(31)35-19-22(28-25(21)32)26(33)36-18-20-9-5-4-6-10-20/h2,4-7,9-10,21-22,29H,1,3,8,11-19H2,(H,27,30)(H,28,32)/t21-,22-/m1/s1. The smallest absolute Gasteiger partial charge is 0.332 e. The van der Waals surface area contributed by atoms with Crippen molar-refractivity contribution in [2.45, 2.75) is 51.2 Å². The third-order valence-electron chi connectivity index (χ3n) is 5.43. The van der Waals surface area contributed by atoms with Crippen LogP contribution < -0.4 is 10.6 Å². The van der Waals surface area contributed by atoms with Crippen LogP contribution in [0.15, 0.2) is 42.5 Å². The van der Waals surface area contributed by atoms with Gasteiger partial charge in [-0.3, -0.25) is 14.4 Å². The molecule has 0 radical (unpaired) electrons. The molecule has 1 heterocycles. The quantitative estimate of drug-likeness (QED) is 0.247. The Morgan fingerprint density at radius 2 is 1.92 bits per heavy atom. The molecule has 1 aromatic carbocycles. The molecule has 0 saturated heterocycles. The Labute approximate surface area is 211 Å². The van der Waals surface area contributed by atoms with E-state index < -0.39 is 29.8 Å². The van der Waals surface area contributed by atoms with Crippen molar-refractivity contribution in [3.05, 3.63) is 48.0 Å². The Kier molecular flexibility index (Phi) is 13.9. The van der Waals surface area contributed by atoms with Gasteiger partial charge in [-0.2, -0.15) is 0 Å². The number of rotatable bonds is 10. The maximum atomic E-state index is 13.1. The van der Waals surface area contributed by atoms with Gasteiger partial charge in [-0.1, -0.05) is 42.5 Å². The van der Waals surface area contributed by atoms with Crippen molar-refractivity contribution in [3.8, 4) is 0 Å². The fourth-order valence-corrected chi connectivity index (χ4v) is 3.45. The van der Waals surface area contributed by atoms with Crippen molar-refractivity contribution in [2.24, 2.45) is 5.92 Å². The Morgan fingerprint density at radius 1 is 1.11 bits per heavy atom. The predicted molar refractivity (Wildman–Crippen MR) is 130 cm³/mol. The first kappa shape index (κ1) is 29.0. The van der Waals surface area contributed by atoms with Gasteiger partial charge in [-0.15, -0.1) is 0 Å². The topological polar surface area (TPSA) is 140 Å². The minimum atomic E-state index is -1.20. The van der Waals surface area contributed by atoms with E-state index in [-0.39, 0.29) is 58.3 Å². The SMILES string of the molecule is O=C(C[C@H]1CC=CCCCCC(=O)OC[C@H](C(=O)OCc2ccccc2)NC1=O)NCCOCCO. The molecule has 0 unspecified atom stereocenters. The molecular formula is C26H36N2O8. The lowest BCUT2D eigenvalue weighted by atomic mass is 9.98. The normalized spacial score (nSPS) is 19.5. The summed E-state index contributed by atoms with van der Waals surface area (Å²) in [6, 6.07) is 7.88. The molecule has 0 saturated carbocycles. The molecule has 198 valence electrons. The number of hydrogen-bond donors (Lipinski definition) is 3. The van der Waals surface area contributed by atoms with Crippen molar-refractivity contribution in [3.63, 3.8) is 0 Å². The molecule has 0 bridgehead atoms. The molecule has 36 heavy (non-hydrogen) atoms. The van der Waals surface area contributed by atoms with Gasteiger partial charge >= 0.3 is 11.9 Å². The van der Waals surface area contributed by atoms with Gasteiger partial charge < -0.3 is 30.0 Å². The molecule has 2 atom stereocenters. The zero-order valence-corrected chi connectivity index (χ0v) is 20.5. The lowest BCUT2D eigenvalue weighted by molar-refractivity contribution is -0.155. The zero-order chi connectivity index (χ0) is 26.0. The Balaban J connectivity index is 2.04. The number of aliphatic hydroxyl groups excluding tert-OH is 1. The summed E-state index contributed by atoms with van der Waals surface area (Å²) in [5.41, 5.74) is 0.776. The number of cyclic esters (lactones) is 1. The van der Waals surface area contributed by atoms with Crippen LogP contribution in [0.5, 0.6) is 0 Å². The average molecular weight is 505 g/mol. The maximum absolute atomic E-state index is 13.1. The number of amides is 2. The van der Waals surface area contributed by atoms with E-state index in [4.69, 9.17) is 19.3 Å². The second-order valence-electron chi connectivity index (χ2n) is 8.38. The predicted octanol–water partition coefficient (Wildman–Crippen LogP) is 1.41. The number of ether oxygens (including phenoxy) is 3. The minimum absolute atomic E-state index is 0.00686. The molecule has 0 aliphatic carbocycles. The number of nitrogens with one attached hydrogen (secondary N) is 2. The second kappa shape index (κ2) is 17.2. The Bertz CT molecular complexity index is 859. The number of allylic oxidation sites excluding steroid dienone is 2. The van der Waals surface area contributed by atoms with Crippen LogP contribution in [0.2, 0.25) is 0 Å². The monoisotopic (exact) mass is 504 g/mol. The highest BCUT2D eigenvalue weighted by Crippen LogP contribution is 2.13. The van der Waals surface area contributed by atoms with Gasteiger partial charge in [0.05, 0.1) is 25.7 Å². The van der Waals surface area contributed by atoms with Crippen LogP contribution in [-0.2, 0) is 40.0 Å². The molecule has 10 nitrogen and oxygen atoms in total. The number of benzene rings is 1. The number of carbonyl (C=O) groups excluding carboxylic acids is 4. The Hall–Kier alpha value is -3.24. The van der Waals surface area contributed by atoms with E-state index in [1.807, 2.05) is 30.4 Å². The fourth-order valence-electron chi connectivity index (χ4n) is 3.45. The van der Waals surface area contributed by atoms with E-state index >= 15 is 0 Å². The van der Waals surface area contributed by atoms with E-state index in [2.05, 4.69) is 10.6 Å². The van der Waals surface area contributed by atoms with E-state index in [1.165, 1.54) is 0 Å². The van der Waals surface area contributed by atoms with Crippen molar-refractivity contribution in [2.75, 3.05) is 33.0 Å². The summed E-state index contributed by atoms with van der Waals surface area (Å²) in [7, 11) is 0. The van der Waals surface area contributed by atoms with Crippen LogP contribution >= 0.6 is 0 Å². The molecule has 1 aliphatic rings. The fraction of sp³-hybridized carbons (Fsp3) is 0.538. The molecule has 1 aromatic rings. The molecule has 0 spiro atoms. The lowest BCUT2D eigenvalue weighted by Crippen LogP contribution is -2.48. The van der Waals surface area contributed by atoms with E-state index in [9.17, 15) is 19.2 Å². The molecular weight excluding hydrogens is 468 g/mol. The molecule has 0 fully saturated rings. The molecule has 3 N–H and O–H groups in total. The summed E-state index contributed by atoms with van der Waals surface area (Å²) in [4.78, 5) is 50.3. The van der Waals surface area contributed by atoms with Crippen molar-refractivity contribution < 1.29 is 38.5 Å². The van der Waals surface area contributed by atoms with Gasteiger partial charge in [0.2, 0.25) is 11.8 Å². The van der Waals surface area contributed by atoms with Gasteiger partial charge in [-0.05, 0) is 31.2 Å². The van der Waals surface area contributed by atoms with Crippen LogP contribution in [0.1, 0.15) is 44.1 Å². The van der Waals surface area contributed by atoms with Gasteiger partial charge in [0, 0.05) is 19.4 Å². The van der Waals surface area contributed by atoms with Crippen molar-refractivity contribution >= 4 is 23.8 Å². The van der Waals surface area contributed by atoms with Crippen LogP contribution in [0.3, 0.4) is 0 Å². The molecule has 10 heteroatoms. The Morgan fingerprint density at radius 3 is 2.69 bits per heavy atom. The number of carbonyl (C=O) groups is 4. The molecule has 2 rings (SSSR count). The highest BCUT2D eigenvalue weighted by Gasteiger charge is 2.29. The van der Waals surface area contributed by atoms with Gasteiger partial charge in [0.25, 0.3) is 0 Å². The van der Waals surface area contributed by atoms with Gasteiger partial charge in [0.15, 0.2) is 6.04 Å². The highest BCUT2D eigenvalue weighted by atomic mass is 16.6. The van der Waals surface area contributed by atoms with E-state index in [1.54, 1.807) is 12.1 Å². The summed E-state index contributed by atoms with van der Waals surface area (Å²) >= 11 is 0. The van der Waals surface area contributed by atoms with Crippen LogP contribution in [0.25, 0.3) is 0 Å². The van der Waals surface area contributed by atoms with Crippen LogP contribution in [0.4, 0.5) is 0 Å². The lowest BCUT2D eigenvalue weighted by Gasteiger charge is -2.21. The number of hydrogen-bond acceptors (Lipinski definition) is 8. The van der Waals surface area contributed by atoms with Crippen molar-refractivity contribution in [1.82, 2.24) is 10.6 Å². The highest BCUT2D eigenvalue weighted by molar-refractivity contribution is 5.89. The third-order valence-corrected chi connectivity index (χ3v) is 5.43. The molecule has 2 amide bonds. The van der Waals surface area contributed by atoms with Gasteiger partial charge in [0.1, 0.15) is 13.2 Å². The number of aliphatic hydroxyl groups is 1. The largest absolute Gasteiger partial charge is 0.463 e. The minimum Gasteiger partial charge on any atom is -0.463 e. The summed E-state index contributed by atoms with van der Waals surface area (Å²) in [5, 5.41) is 14.0. The van der Waals surface area contributed by atoms with E-state index in [0.717, 1.165) is 18.4 Å². The summed E-state index contributed by atoms with van der Waals surface area (Å²) in [6.07, 6.45) is 6.36. The summed E-state index contributed by atoms with van der Waals surface area (Å²) in [6.45, 7) is 0.212. The van der Waals surface area contributed by atoms with Gasteiger partial charge in [-0.25, -0.2) is 4.79 Å². The first-order valence-corrected chi connectivity index (χ1v) is 12.3. The summed E-state index contributed by atoms with van der Waals surface area (Å²) < 4.78 is 15.7. The number of esters is 2. The maximum Gasteiger partial charge on any atom is 0.332 e. The average Bonchev–Trinajstić information content (AvgIpc) is 2.88. The van der Waals surface area contributed by atoms with Crippen LogP contribution in [0, 0.1) is 5.92 Å². The summed E-state index contributed by atoms with van der Waals surface area (Å²) in [5.74, 6) is -2.77. The first-order chi connectivity index (χ1) is 17.5. The molecule has 0 aromatic heterocycles. The van der Waals surface area contributed by atoms with Crippen LogP contribution in [-0.4, -0.2) is 67.9 Å².